The first kappa shape index (κ1) is 13.1. The minimum absolute atomic E-state index is 0.0634. The number of nitrogens with zero attached hydrogens (tertiary/aromatic N) is 4. The second kappa shape index (κ2) is 5.63. The molecule has 3 rings (SSSR count). The lowest BCUT2D eigenvalue weighted by Crippen LogP contribution is -2.38. The van der Waals surface area contributed by atoms with Gasteiger partial charge < -0.3 is 9.30 Å². The highest BCUT2D eigenvalue weighted by molar-refractivity contribution is 5.09. The third-order valence-corrected chi connectivity index (χ3v) is 3.67. The summed E-state index contributed by atoms with van der Waals surface area (Å²) >= 11 is 0. The molecule has 2 aromatic rings. The Balaban J connectivity index is 1.80. The van der Waals surface area contributed by atoms with Crippen LogP contribution in [-0.2, 0) is 13.1 Å². The Morgan fingerprint density at radius 1 is 1.20 bits per heavy atom. The van der Waals surface area contributed by atoms with Crippen molar-refractivity contribution in [3.63, 3.8) is 0 Å². The van der Waals surface area contributed by atoms with Crippen LogP contribution in [0.3, 0.4) is 0 Å². The Hall–Kier alpha value is -1.88. The third kappa shape index (κ3) is 2.82. The van der Waals surface area contributed by atoms with Crippen LogP contribution < -0.4 is 4.74 Å². The molecule has 1 aliphatic heterocycles. The van der Waals surface area contributed by atoms with Crippen molar-refractivity contribution in [2.24, 2.45) is 0 Å². The van der Waals surface area contributed by atoms with Gasteiger partial charge in [0.25, 0.3) is 0 Å². The van der Waals surface area contributed by atoms with Gasteiger partial charge in [-0.15, -0.1) is 0 Å². The summed E-state index contributed by atoms with van der Waals surface area (Å²) in [6.07, 6.45) is 5.59. The second-order valence-electron chi connectivity index (χ2n) is 5.45. The summed E-state index contributed by atoms with van der Waals surface area (Å²) in [5.41, 5.74) is 1.33. The molecular formula is C15H20N4O. The molecule has 0 saturated carbocycles. The van der Waals surface area contributed by atoms with E-state index < -0.39 is 0 Å². The number of ether oxygens (including phenoxy) is 1. The molecule has 5 heteroatoms. The van der Waals surface area contributed by atoms with Gasteiger partial charge in [0, 0.05) is 43.4 Å². The summed E-state index contributed by atoms with van der Waals surface area (Å²) < 4.78 is 8.22. The van der Waals surface area contributed by atoms with Crippen molar-refractivity contribution in [1.29, 1.82) is 0 Å². The first-order chi connectivity index (χ1) is 9.72. The Kier molecular flexibility index (Phi) is 3.69. The number of hydrogen-bond donors (Lipinski definition) is 0. The van der Waals surface area contributed by atoms with Gasteiger partial charge >= 0.3 is 6.01 Å². The molecule has 1 atom stereocenters. The number of hydrogen-bond acceptors (Lipinski definition) is 4. The van der Waals surface area contributed by atoms with Crippen molar-refractivity contribution < 1.29 is 4.74 Å². The fourth-order valence-corrected chi connectivity index (χ4v) is 2.55. The van der Waals surface area contributed by atoms with E-state index >= 15 is 0 Å². The van der Waals surface area contributed by atoms with E-state index in [1.807, 2.05) is 0 Å². The quantitative estimate of drug-likeness (QED) is 0.856. The van der Waals surface area contributed by atoms with E-state index in [-0.39, 0.29) is 6.10 Å². The highest BCUT2D eigenvalue weighted by Gasteiger charge is 2.24. The van der Waals surface area contributed by atoms with E-state index in [9.17, 15) is 0 Å². The first-order valence-corrected chi connectivity index (χ1v) is 7.04. The van der Waals surface area contributed by atoms with Gasteiger partial charge in [-0.3, -0.25) is 4.90 Å². The third-order valence-electron chi connectivity index (χ3n) is 3.67. The van der Waals surface area contributed by atoms with E-state index in [1.165, 1.54) is 5.69 Å². The summed E-state index contributed by atoms with van der Waals surface area (Å²) in [4.78, 5) is 10.7. The van der Waals surface area contributed by atoms with Gasteiger partial charge in [-0.2, -0.15) is 0 Å². The molecule has 0 aliphatic carbocycles. The smallest absolute Gasteiger partial charge is 0.316 e. The maximum absolute atomic E-state index is 5.96. The topological polar surface area (TPSA) is 43.2 Å². The molecule has 1 aliphatic rings. The summed E-state index contributed by atoms with van der Waals surface area (Å²) in [6, 6.07) is 7.01. The van der Waals surface area contributed by atoms with Gasteiger partial charge in [0.2, 0.25) is 0 Å². The first-order valence-electron chi connectivity index (χ1n) is 7.04. The maximum atomic E-state index is 5.96. The van der Waals surface area contributed by atoms with Crippen molar-refractivity contribution in [2.45, 2.75) is 39.1 Å². The van der Waals surface area contributed by atoms with E-state index in [2.05, 4.69) is 51.6 Å². The molecule has 5 nitrogen and oxygen atoms in total. The van der Waals surface area contributed by atoms with Crippen LogP contribution in [0.5, 0.6) is 6.01 Å². The molecule has 3 heterocycles. The SMILES string of the molecule is CC(C)N1Cc2cccn2C[C@@H](Oc2ncccn2)C1. The van der Waals surface area contributed by atoms with Crippen LogP contribution in [0, 0.1) is 0 Å². The van der Waals surface area contributed by atoms with E-state index in [0.29, 0.717) is 12.1 Å². The molecule has 2 aromatic heterocycles. The summed E-state index contributed by atoms with van der Waals surface area (Å²) in [6.45, 7) is 7.12. The van der Waals surface area contributed by atoms with Gasteiger partial charge in [-0.25, -0.2) is 9.97 Å². The molecule has 0 fully saturated rings. The fourth-order valence-electron chi connectivity index (χ4n) is 2.55. The van der Waals surface area contributed by atoms with Gasteiger partial charge in [-0.05, 0) is 32.0 Å². The summed E-state index contributed by atoms with van der Waals surface area (Å²) in [5.74, 6) is 0. The van der Waals surface area contributed by atoms with Crippen LogP contribution in [0.25, 0.3) is 0 Å². The molecule has 0 saturated heterocycles. The van der Waals surface area contributed by atoms with E-state index in [1.54, 1.807) is 18.5 Å². The molecule has 0 aromatic carbocycles. The van der Waals surface area contributed by atoms with Crippen LogP contribution in [0.1, 0.15) is 19.5 Å². The standard InChI is InChI=1S/C15H20N4O/c1-12(2)19-9-13-5-3-8-18(13)10-14(11-19)20-15-16-6-4-7-17-15/h3-8,12,14H,9-11H2,1-2H3/t14-/m1/s1. The van der Waals surface area contributed by atoms with E-state index in [0.717, 1.165) is 19.6 Å². The molecule has 0 unspecified atom stereocenters. The van der Waals surface area contributed by atoms with Crippen molar-refractivity contribution in [2.75, 3.05) is 6.54 Å². The lowest BCUT2D eigenvalue weighted by atomic mass is 10.2. The molecule has 0 bridgehead atoms. The Morgan fingerprint density at radius 2 is 2.00 bits per heavy atom. The molecular weight excluding hydrogens is 252 g/mol. The van der Waals surface area contributed by atoms with Crippen molar-refractivity contribution in [3.8, 4) is 6.01 Å². The molecule has 0 radical (unpaired) electrons. The van der Waals surface area contributed by atoms with Crippen molar-refractivity contribution in [3.05, 3.63) is 42.5 Å². The average molecular weight is 272 g/mol. The fraction of sp³-hybridized carbons (Fsp3) is 0.467. The average Bonchev–Trinajstić information content (AvgIpc) is 2.79. The summed E-state index contributed by atoms with van der Waals surface area (Å²) in [5, 5.41) is 0. The Morgan fingerprint density at radius 3 is 2.75 bits per heavy atom. The van der Waals surface area contributed by atoms with Gasteiger partial charge in [0.05, 0.1) is 6.54 Å². The summed E-state index contributed by atoms with van der Waals surface area (Å²) in [7, 11) is 0. The van der Waals surface area contributed by atoms with Crippen LogP contribution in [0.15, 0.2) is 36.8 Å². The van der Waals surface area contributed by atoms with Crippen LogP contribution in [0.2, 0.25) is 0 Å². The lowest BCUT2D eigenvalue weighted by molar-refractivity contribution is 0.102. The predicted octanol–water partition coefficient (Wildman–Crippen LogP) is 1.95. The second-order valence-corrected chi connectivity index (χ2v) is 5.45. The Labute approximate surface area is 119 Å². The van der Waals surface area contributed by atoms with Crippen molar-refractivity contribution in [1.82, 2.24) is 19.4 Å². The van der Waals surface area contributed by atoms with E-state index in [4.69, 9.17) is 4.74 Å². The number of fused-ring (bicyclic) bond motifs is 1. The molecule has 20 heavy (non-hydrogen) atoms. The Bertz CT molecular complexity index is 552. The van der Waals surface area contributed by atoms with Gasteiger partial charge in [0.15, 0.2) is 0 Å². The minimum Gasteiger partial charge on any atom is -0.457 e. The van der Waals surface area contributed by atoms with Gasteiger partial charge in [0.1, 0.15) is 6.10 Å². The van der Waals surface area contributed by atoms with Crippen LogP contribution in [0.4, 0.5) is 0 Å². The minimum atomic E-state index is 0.0634. The van der Waals surface area contributed by atoms with Crippen LogP contribution in [-0.4, -0.2) is 38.1 Å². The molecule has 0 N–H and O–H groups in total. The normalized spacial score (nSPS) is 19.6. The number of rotatable bonds is 3. The lowest BCUT2D eigenvalue weighted by Gasteiger charge is -2.27. The maximum Gasteiger partial charge on any atom is 0.316 e. The zero-order valence-corrected chi connectivity index (χ0v) is 11.9. The zero-order chi connectivity index (χ0) is 13.9. The molecule has 106 valence electrons. The van der Waals surface area contributed by atoms with Crippen molar-refractivity contribution >= 4 is 0 Å². The largest absolute Gasteiger partial charge is 0.457 e. The number of aromatic nitrogens is 3. The highest BCUT2D eigenvalue weighted by atomic mass is 16.5. The van der Waals surface area contributed by atoms with Crippen LogP contribution >= 0.6 is 0 Å². The predicted molar refractivity (Wildman–Crippen MR) is 76.4 cm³/mol. The zero-order valence-electron chi connectivity index (χ0n) is 11.9. The molecule has 0 amide bonds. The van der Waals surface area contributed by atoms with Gasteiger partial charge in [-0.1, -0.05) is 0 Å². The molecule has 0 spiro atoms. The monoisotopic (exact) mass is 272 g/mol. The highest BCUT2D eigenvalue weighted by Crippen LogP contribution is 2.18.